The molecule has 1 atom stereocenters. The Bertz CT molecular complexity index is 1240. The van der Waals surface area contributed by atoms with E-state index in [1.54, 1.807) is 24.4 Å². The average Bonchev–Trinajstić information content (AvgIpc) is 2.79. The molecule has 7 nitrogen and oxygen atoms in total. The second-order valence-electron chi connectivity index (χ2n) is 7.18. The van der Waals surface area contributed by atoms with Crippen LogP contribution in [0, 0.1) is 0 Å². The summed E-state index contributed by atoms with van der Waals surface area (Å²) in [5, 5.41) is 6.40. The number of urea groups is 1. The van der Waals surface area contributed by atoms with Crippen molar-refractivity contribution in [1.82, 2.24) is 10.3 Å². The van der Waals surface area contributed by atoms with Crippen LogP contribution in [-0.2, 0) is 4.79 Å². The van der Waals surface area contributed by atoms with Crippen LogP contribution in [0.3, 0.4) is 0 Å². The summed E-state index contributed by atoms with van der Waals surface area (Å²) in [6.07, 6.45) is 1.69. The molecular weight excluding hydrogens is 404 g/mol. The fraction of sp³-hybridized carbons (Fsp3) is 0.0800. The topological polar surface area (TPSA) is 106 Å². The van der Waals surface area contributed by atoms with Gasteiger partial charge in [0.2, 0.25) is 5.91 Å². The number of nitrogens with one attached hydrogen (secondary N) is 2. The van der Waals surface area contributed by atoms with Crippen molar-refractivity contribution >= 4 is 28.5 Å². The van der Waals surface area contributed by atoms with E-state index in [-0.39, 0.29) is 12.3 Å². The van der Waals surface area contributed by atoms with Gasteiger partial charge in [0.15, 0.2) is 0 Å². The van der Waals surface area contributed by atoms with Gasteiger partial charge in [-0.2, -0.15) is 0 Å². The molecule has 0 saturated heterocycles. The zero-order chi connectivity index (χ0) is 22.3. The third-order valence-electron chi connectivity index (χ3n) is 4.87. The summed E-state index contributed by atoms with van der Waals surface area (Å²) in [7, 11) is 0. The summed E-state index contributed by atoms with van der Waals surface area (Å²) in [5.74, 6) is 1.01. The number of carbonyl (C=O) groups excluding carboxylic acids is 2. The van der Waals surface area contributed by atoms with Gasteiger partial charge >= 0.3 is 6.03 Å². The molecule has 4 rings (SSSR count). The summed E-state index contributed by atoms with van der Waals surface area (Å²) in [6.45, 7) is 0. The Morgan fingerprint density at radius 3 is 2.50 bits per heavy atom. The predicted molar refractivity (Wildman–Crippen MR) is 123 cm³/mol. The lowest BCUT2D eigenvalue weighted by Crippen LogP contribution is -2.35. The van der Waals surface area contributed by atoms with Gasteiger partial charge in [0.25, 0.3) is 0 Å². The number of ether oxygens (including phenoxy) is 1. The molecule has 0 unspecified atom stereocenters. The van der Waals surface area contributed by atoms with Gasteiger partial charge in [-0.1, -0.05) is 36.4 Å². The molecule has 4 aromatic rings. The minimum Gasteiger partial charge on any atom is -0.457 e. The number of rotatable bonds is 7. The first-order valence-electron chi connectivity index (χ1n) is 10.1. The Labute approximate surface area is 185 Å². The van der Waals surface area contributed by atoms with Crippen molar-refractivity contribution in [2.24, 2.45) is 5.73 Å². The summed E-state index contributed by atoms with van der Waals surface area (Å²) in [6, 6.07) is 24.4. The van der Waals surface area contributed by atoms with E-state index in [0.29, 0.717) is 22.7 Å². The predicted octanol–water partition coefficient (Wildman–Crippen LogP) is 4.77. The minimum atomic E-state index is -0.716. The fourth-order valence-electron chi connectivity index (χ4n) is 3.44. The van der Waals surface area contributed by atoms with Crippen LogP contribution in [0.25, 0.3) is 10.9 Å². The maximum Gasteiger partial charge on any atom is 0.312 e. The molecule has 0 spiro atoms. The molecule has 0 saturated carbocycles. The first kappa shape index (κ1) is 20.9. The number of amides is 3. The van der Waals surface area contributed by atoms with E-state index in [2.05, 4.69) is 15.6 Å². The van der Waals surface area contributed by atoms with Gasteiger partial charge in [-0.25, -0.2) is 4.79 Å². The van der Waals surface area contributed by atoms with Crippen LogP contribution >= 0.6 is 0 Å². The number of nitrogens with zero attached hydrogens (tertiary/aromatic N) is 1. The Balaban J connectivity index is 1.53. The number of primary amides is 1. The van der Waals surface area contributed by atoms with Crippen molar-refractivity contribution in [3.8, 4) is 11.5 Å². The summed E-state index contributed by atoms with van der Waals surface area (Å²) in [5.41, 5.74) is 7.51. The summed E-state index contributed by atoms with van der Waals surface area (Å²) >= 11 is 0. The Hall–Kier alpha value is -4.39. The van der Waals surface area contributed by atoms with Gasteiger partial charge in [-0.15, -0.1) is 0 Å². The number of hydrogen-bond acceptors (Lipinski definition) is 4. The smallest absolute Gasteiger partial charge is 0.312 e. The molecule has 7 heteroatoms. The van der Waals surface area contributed by atoms with Crippen LogP contribution in [0.15, 0.2) is 91.1 Å². The number of benzene rings is 3. The molecule has 3 amide bonds. The lowest BCUT2D eigenvalue weighted by Gasteiger charge is -2.19. The molecule has 160 valence electrons. The highest BCUT2D eigenvalue weighted by Gasteiger charge is 2.19. The van der Waals surface area contributed by atoms with E-state index in [1.165, 1.54) is 0 Å². The second kappa shape index (κ2) is 9.61. The van der Waals surface area contributed by atoms with Crippen LogP contribution in [0.4, 0.5) is 10.5 Å². The molecule has 1 heterocycles. The van der Waals surface area contributed by atoms with Crippen LogP contribution in [0.2, 0.25) is 0 Å². The van der Waals surface area contributed by atoms with E-state index in [4.69, 9.17) is 10.5 Å². The van der Waals surface area contributed by atoms with Crippen molar-refractivity contribution in [3.63, 3.8) is 0 Å². The number of pyridine rings is 1. The maximum absolute atomic E-state index is 12.8. The van der Waals surface area contributed by atoms with Crippen molar-refractivity contribution in [3.05, 3.63) is 96.7 Å². The number of fused-ring (bicyclic) bond motifs is 1. The van der Waals surface area contributed by atoms with E-state index < -0.39 is 12.1 Å². The standard InChI is InChI=1S/C25H22N4O3/c26-25(31)29-23(17-7-4-10-19(15-17)32-18-8-2-1-3-9-18)16-24(30)28-22-13-5-12-21-20(22)11-6-14-27-21/h1-15,23H,16H2,(H,28,30)(H3,26,29,31)/t23-/m1/s1. The molecule has 0 fully saturated rings. The molecule has 0 aliphatic rings. The molecule has 0 aliphatic carbocycles. The molecule has 3 aromatic carbocycles. The van der Waals surface area contributed by atoms with Gasteiger partial charge in [0.05, 0.1) is 23.7 Å². The monoisotopic (exact) mass is 426 g/mol. The van der Waals surface area contributed by atoms with Gasteiger partial charge in [-0.3, -0.25) is 9.78 Å². The van der Waals surface area contributed by atoms with E-state index >= 15 is 0 Å². The number of anilines is 1. The van der Waals surface area contributed by atoms with Crippen molar-refractivity contribution in [2.45, 2.75) is 12.5 Å². The highest BCUT2D eigenvalue weighted by atomic mass is 16.5. The summed E-state index contributed by atoms with van der Waals surface area (Å²) in [4.78, 5) is 28.8. The Morgan fingerprint density at radius 2 is 1.69 bits per heavy atom. The highest BCUT2D eigenvalue weighted by molar-refractivity contribution is 6.01. The normalized spacial score (nSPS) is 11.5. The SMILES string of the molecule is NC(=O)N[C@H](CC(=O)Nc1cccc2ncccc12)c1cccc(Oc2ccccc2)c1. The van der Waals surface area contributed by atoms with Crippen LogP contribution in [0.1, 0.15) is 18.0 Å². The lowest BCUT2D eigenvalue weighted by molar-refractivity contribution is -0.116. The molecule has 1 aromatic heterocycles. The first-order chi connectivity index (χ1) is 15.6. The molecule has 0 bridgehead atoms. The van der Waals surface area contributed by atoms with Crippen LogP contribution in [-0.4, -0.2) is 16.9 Å². The quantitative estimate of drug-likeness (QED) is 0.396. The maximum atomic E-state index is 12.8. The molecule has 32 heavy (non-hydrogen) atoms. The average molecular weight is 426 g/mol. The zero-order valence-electron chi connectivity index (χ0n) is 17.2. The molecule has 0 radical (unpaired) electrons. The number of aromatic nitrogens is 1. The van der Waals surface area contributed by atoms with Crippen LogP contribution < -0.4 is 21.1 Å². The van der Waals surface area contributed by atoms with E-state index in [1.807, 2.05) is 66.7 Å². The number of hydrogen-bond donors (Lipinski definition) is 3. The zero-order valence-corrected chi connectivity index (χ0v) is 17.2. The van der Waals surface area contributed by atoms with Gasteiger partial charge in [-0.05, 0) is 54.1 Å². The van der Waals surface area contributed by atoms with Crippen molar-refractivity contribution < 1.29 is 14.3 Å². The van der Waals surface area contributed by atoms with E-state index in [0.717, 1.165) is 10.9 Å². The third-order valence-corrected chi connectivity index (χ3v) is 4.87. The molecular formula is C25H22N4O3. The lowest BCUT2D eigenvalue weighted by atomic mass is 10.0. The Morgan fingerprint density at radius 1 is 0.906 bits per heavy atom. The van der Waals surface area contributed by atoms with Gasteiger partial charge in [0.1, 0.15) is 11.5 Å². The first-order valence-corrected chi connectivity index (χ1v) is 10.1. The van der Waals surface area contributed by atoms with E-state index in [9.17, 15) is 9.59 Å². The Kier molecular flexibility index (Phi) is 6.27. The largest absolute Gasteiger partial charge is 0.457 e. The number of carbonyl (C=O) groups is 2. The van der Waals surface area contributed by atoms with Crippen molar-refractivity contribution in [1.29, 1.82) is 0 Å². The van der Waals surface area contributed by atoms with Crippen LogP contribution in [0.5, 0.6) is 11.5 Å². The fourth-order valence-corrected chi connectivity index (χ4v) is 3.44. The second-order valence-corrected chi connectivity index (χ2v) is 7.18. The van der Waals surface area contributed by atoms with Crippen molar-refractivity contribution in [2.75, 3.05) is 5.32 Å². The summed E-state index contributed by atoms with van der Waals surface area (Å²) < 4.78 is 5.87. The molecule has 4 N–H and O–H groups in total. The highest BCUT2D eigenvalue weighted by Crippen LogP contribution is 2.27. The molecule has 0 aliphatic heterocycles. The third kappa shape index (κ3) is 5.20. The van der Waals surface area contributed by atoms with Gasteiger partial charge < -0.3 is 21.1 Å². The van der Waals surface area contributed by atoms with Gasteiger partial charge in [0, 0.05) is 11.6 Å². The number of nitrogens with two attached hydrogens (primary N) is 1. The number of para-hydroxylation sites is 1. The minimum absolute atomic E-state index is 0.00558.